The van der Waals surface area contributed by atoms with E-state index in [1.807, 2.05) is 0 Å². The fourth-order valence-corrected chi connectivity index (χ4v) is 5.42. The molecule has 2 heterocycles. The van der Waals surface area contributed by atoms with Crippen LogP contribution in [0.5, 0.6) is 0 Å². The first-order valence-corrected chi connectivity index (χ1v) is 11.4. The van der Waals surface area contributed by atoms with Gasteiger partial charge in [-0.25, -0.2) is 17.5 Å². The van der Waals surface area contributed by atoms with Crippen LogP contribution < -0.4 is 11.0 Å². The average Bonchev–Trinajstić information content (AvgIpc) is 3.34. The molecule has 0 saturated carbocycles. The average molecular weight is 429 g/mol. The van der Waals surface area contributed by atoms with Gasteiger partial charge in [0.2, 0.25) is 10.0 Å². The monoisotopic (exact) mass is 428 g/mol. The molecule has 1 amide bonds. The number of anilines is 1. The minimum absolute atomic E-state index is 0.0619. The number of carbonyl (C=O) groups excluding carboxylic acids is 1. The molecule has 0 spiro atoms. The summed E-state index contributed by atoms with van der Waals surface area (Å²) in [6, 6.07) is 11.9. The molecule has 4 rings (SSSR count). The molecule has 9 heteroatoms. The van der Waals surface area contributed by atoms with E-state index in [0.717, 1.165) is 23.9 Å². The summed E-state index contributed by atoms with van der Waals surface area (Å²) in [4.78, 5) is 24.7. The smallest absolute Gasteiger partial charge is 0.322 e. The molecule has 0 bridgehead atoms. The van der Waals surface area contributed by atoms with Crippen LogP contribution in [0, 0.1) is 0 Å². The van der Waals surface area contributed by atoms with Crippen molar-refractivity contribution in [1.29, 1.82) is 0 Å². The predicted octanol–water partition coefficient (Wildman–Crippen LogP) is 2.05. The Labute approximate surface area is 174 Å². The summed E-state index contributed by atoms with van der Waals surface area (Å²) in [7, 11) is 0.0703. The number of sulfonamides is 1. The fraction of sp³-hybridized carbons (Fsp3) is 0.333. The van der Waals surface area contributed by atoms with Gasteiger partial charge in [0.05, 0.1) is 16.8 Å². The minimum Gasteiger partial charge on any atom is -0.322 e. The Morgan fingerprint density at radius 3 is 2.27 bits per heavy atom. The number of imidazole rings is 1. The van der Waals surface area contributed by atoms with E-state index in [9.17, 15) is 18.0 Å². The molecular formula is C21H24N4O4S. The van der Waals surface area contributed by atoms with Gasteiger partial charge >= 0.3 is 5.69 Å². The van der Waals surface area contributed by atoms with Crippen LogP contribution in [0.3, 0.4) is 0 Å². The van der Waals surface area contributed by atoms with Crippen LogP contribution in [0.4, 0.5) is 5.69 Å². The van der Waals surface area contributed by atoms with Crippen LogP contribution in [0.2, 0.25) is 0 Å². The highest BCUT2D eigenvalue weighted by Gasteiger charge is 2.25. The second-order valence-corrected chi connectivity index (χ2v) is 9.59. The SMILES string of the molecule is Cn1c(=O)n(C)c2cc(NC(=O)c3ccc(CS(=O)(=O)N4CCCC4)cc3)ccc21. The molecule has 1 saturated heterocycles. The van der Waals surface area contributed by atoms with Crippen molar-refractivity contribution in [2.75, 3.05) is 18.4 Å². The number of aryl methyl sites for hydroxylation is 2. The van der Waals surface area contributed by atoms with E-state index in [1.165, 1.54) is 8.87 Å². The van der Waals surface area contributed by atoms with Crippen LogP contribution in [0.1, 0.15) is 28.8 Å². The molecule has 0 atom stereocenters. The largest absolute Gasteiger partial charge is 0.328 e. The number of nitrogens with one attached hydrogen (secondary N) is 1. The summed E-state index contributed by atoms with van der Waals surface area (Å²) >= 11 is 0. The van der Waals surface area contributed by atoms with E-state index in [2.05, 4.69) is 5.32 Å². The second-order valence-electron chi connectivity index (χ2n) is 7.62. The summed E-state index contributed by atoms with van der Waals surface area (Å²) in [6.07, 6.45) is 1.81. The zero-order chi connectivity index (χ0) is 21.5. The van der Waals surface area contributed by atoms with Crippen molar-refractivity contribution >= 4 is 32.7 Å². The number of rotatable bonds is 5. The van der Waals surface area contributed by atoms with Gasteiger partial charge in [-0.3, -0.25) is 13.9 Å². The molecule has 30 heavy (non-hydrogen) atoms. The molecule has 0 unspecified atom stereocenters. The Morgan fingerprint density at radius 1 is 0.967 bits per heavy atom. The summed E-state index contributed by atoms with van der Waals surface area (Å²) in [5, 5.41) is 2.83. The molecule has 3 aromatic rings. The molecule has 1 N–H and O–H groups in total. The van der Waals surface area contributed by atoms with Gasteiger partial charge in [-0.05, 0) is 48.7 Å². The zero-order valence-corrected chi connectivity index (χ0v) is 17.8. The number of aromatic nitrogens is 2. The first-order valence-electron chi connectivity index (χ1n) is 9.80. The van der Waals surface area contributed by atoms with Gasteiger partial charge in [-0.2, -0.15) is 0 Å². The Hall–Kier alpha value is -2.91. The zero-order valence-electron chi connectivity index (χ0n) is 17.0. The Balaban J connectivity index is 1.48. The third-order valence-electron chi connectivity index (χ3n) is 5.55. The van der Waals surface area contributed by atoms with E-state index in [-0.39, 0.29) is 17.3 Å². The highest BCUT2D eigenvalue weighted by atomic mass is 32.2. The Bertz CT molecular complexity index is 1270. The minimum atomic E-state index is -3.32. The molecule has 1 fully saturated rings. The van der Waals surface area contributed by atoms with Gasteiger partial charge in [0.1, 0.15) is 0 Å². The summed E-state index contributed by atoms with van der Waals surface area (Å²) in [5.41, 5.74) is 3.03. The van der Waals surface area contributed by atoms with Crippen LogP contribution >= 0.6 is 0 Å². The molecule has 1 aliphatic rings. The highest BCUT2D eigenvalue weighted by molar-refractivity contribution is 7.88. The fourth-order valence-electron chi connectivity index (χ4n) is 3.81. The lowest BCUT2D eigenvalue weighted by Crippen LogP contribution is -2.29. The quantitative estimate of drug-likeness (QED) is 0.673. The number of hydrogen-bond donors (Lipinski definition) is 1. The van der Waals surface area contributed by atoms with E-state index in [0.29, 0.717) is 29.9 Å². The third-order valence-corrected chi connectivity index (χ3v) is 7.40. The standard InChI is InChI=1S/C21H24N4O4S/c1-23-18-10-9-17(13-19(18)24(2)21(23)27)22-20(26)16-7-5-15(6-8-16)14-30(28,29)25-11-3-4-12-25/h5-10,13H,3-4,11-12,14H2,1-2H3,(H,22,26). The molecule has 0 aliphatic carbocycles. The molecule has 8 nitrogen and oxygen atoms in total. The predicted molar refractivity (Wildman–Crippen MR) is 116 cm³/mol. The van der Waals surface area contributed by atoms with Crippen LogP contribution in [0.15, 0.2) is 47.3 Å². The lowest BCUT2D eigenvalue weighted by molar-refractivity contribution is 0.102. The van der Waals surface area contributed by atoms with Crippen molar-refractivity contribution in [1.82, 2.24) is 13.4 Å². The van der Waals surface area contributed by atoms with Gasteiger partial charge < -0.3 is 5.32 Å². The van der Waals surface area contributed by atoms with Gasteiger partial charge in [-0.1, -0.05) is 12.1 Å². The Morgan fingerprint density at radius 2 is 1.60 bits per heavy atom. The highest BCUT2D eigenvalue weighted by Crippen LogP contribution is 2.20. The van der Waals surface area contributed by atoms with Gasteiger partial charge in [0.25, 0.3) is 5.91 Å². The number of nitrogens with zero attached hydrogens (tertiary/aromatic N) is 3. The normalized spacial score (nSPS) is 15.0. The number of benzene rings is 2. The molecule has 0 radical (unpaired) electrons. The summed E-state index contributed by atoms with van der Waals surface area (Å²) < 4.78 is 29.5. The van der Waals surface area contributed by atoms with Crippen molar-refractivity contribution in [3.63, 3.8) is 0 Å². The van der Waals surface area contributed by atoms with Gasteiger partial charge in [0, 0.05) is 38.4 Å². The number of fused-ring (bicyclic) bond motifs is 1. The van der Waals surface area contributed by atoms with Crippen LogP contribution in [0.25, 0.3) is 11.0 Å². The van der Waals surface area contributed by atoms with E-state index < -0.39 is 10.0 Å². The van der Waals surface area contributed by atoms with Crippen molar-refractivity contribution in [2.45, 2.75) is 18.6 Å². The van der Waals surface area contributed by atoms with Crippen LogP contribution in [-0.4, -0.2) is 40.9 Å². The summed E-state index contributed by atoms with van der Waals surface area (Å²) in [5.74, 6) is -0.364. The first kappa shape index (κ1) is 20.4. The van der Waals surface area contributed by atoms with E-state index in [1.54, 1.807) is 61.1 Å². The Kier molecular flexibility index (Phi) is 5.25. The maximum absolute atomic E-state index is 12.6. The lowest BCUT2D eigenvalue weighted by atomic mass is 10.1. The van der Waals surface area contributed by atoms with Crippen molar-refractivity contribution in [3.8, 4) is 0 Å². The second kappa shape index (κ2) is 7.73. The van der Waals surface area contributed by atoms with Crippen molar-refractivity contribution in [3.05, 3.63) is 64.1 Å². The van der Waals surface area contributed by atoms with E-state index in [4.69, 9.17) is 0 Å². The molecular weight excluding hydrogens is 404 g/mol. The molecule has 158 valence electrons. The first-order chi connectivity index (χ1) is 14.3. The molecule has 1 aromatic heterocycles. The van der Waals surface area contributed by atoms with Gasteiger partial charge in [0.15, 0.2) is 0 Å². The van der Waals surface area contributed by atoms with Crippen molar-refractivity contribution < 1.29 is 13.2 Å². The van der Waals surface area contributed by atoms with Crippen molar-refractivity contribution in [2.24, 2.45) is 14.1 Å². The number of carbonyl (C=O) groups is 1. The maximum atomic E-state index is 12.6. The molecule has 1 aliphatic heterocycles. The molecule has 2 aromatic carbocycles. The van der Waals surface area contributed by atoms with Crippen LogP contribution in [-0.2, 0) is 29.9 Å². The van der Waals surface area contributed by atoms with E-state index >= 15 is 0 Å². The van der Waals surface area contributed by atoms with Gasteiger partial charge in [-0.15, -0.1) is 0 Å². The lowest BCUT2D eigenvalue weighted by Gasteiger charge is -2.15. The topological polar surface area (TPSA) is 93.4 Å². The summed E-state index contributed by atoms with van der Waals surface area (Å²) in [6.45, 7) is 1.17. The number of hydrogen-bond acceptors (Lipinski definition) is 4. The maximum Gasteiger partial charge on any atom is 0.328 e. The number of amides is 1. The third kappa shape index (κ3) is 3.78.